The van der Waals surface area contributed by atoms with Gasteiger partial charge in [-0.25, -0.2) is 0 Å². The van der Waals surface area contributed by atoms with Gasteiger partial charge < -0.3 is 9.16 Å². The molecule has 5 heteroatoms. The molecule has 168 valence electrons. The minimum atomic E-state index is -1.96. The average Bonchev–Trinajstić information content (AvgIpc) is 2.70. The standard InChI is InChI=1S/C25H41NO3Si/c1-8-28-24(27)18-22-16-12-13-17-26(22)23(21-14-10-9-11-15-21)19-29-30(6,7)25(4,5)20(2)3/h9-15,20,22-23H,8,16-19H2,1-7H3. The van der Waals surface area contributed by atoms with E-state index in [1.54, 1.807) is 0 Å². The summed E-state index contributed by atoms with van der Waals surface area (Å²) in [6, 6.07) is 10.8. The van der Waals surface area contributed by atoms with E-state index in [0.29, 0.717) is 25.6 Å². The maximum absolute atomic E-state index is 12.2. The van der Waals surface area contributed by atoms with Gasteiger partial charge in [0, 0.05) is 12.6 Å². The maximum Gasteiger partial charge on any atom is 0.307 e. The highest BCUT2D eigenvalue weighted by Gasteiger charge is 2.44. The highest BCUT2D eigenvalue weighted by Crippen LogP contribution is 2.45. The van der Waals surface area contributed by atoms with Crippen molar-refractivity contribution < 1.29 is 14.0 Å². The third kappa shape index (κ3) is 6.05. The molecule has 0 fully saturated rings. The van der Waals surface area contributed by atoms with Gasteiger partial charge in [-0.1, -0.05) is 70.2 Å². The number of hydrogen-bond donors (Lipinski definition) is 0. The summed E-state index contributed by atoms with van der Waals surface area (Å²) in [6.45, 7) is 17.7. The van der Waals surface area contributed by atoms with Crippen LogP contribution in [0.15, 0.2) is 42.5 Å². The second-order valence-electron chi connectivity index (χ2n) is 9.69. The average molecular weight is 432 g/mol. The molecule has 1 aromatic carbocycles. The normalized spacial score (nSPS) is 19.1. The van der Waals surface area contributed by atoms with E-state index in [0.717, 1.165) is 13.0 Å². The molecule has 0 radical (unpaired) electrons. The number of carbonyl (C=O) groups excluding carboxylic acids is 1. The predicted octanol–water partition coefficient (Wildman–Crippen LogP) is 5.97. The Morgan fingerprint density at radius 1 is 1.20 bits per heavy atom. The number of carbonyl (C=O) groups is 1. The van der Waals surface area contributed by atoms with E-state index in [1.807, 2.05) is 13.0 Å². The van der Waals surface area contributed by atoms with Crippen LogP contribution in [0.3, 0.4) is 0 Å². The molecule has 2 unspecified atom stereocenters. The molecule has 0 aliphatic carbocycles. The third-order valence-corrected chi connectivity index (χ3v) is 11.8. The summed E-state index contributed by atoms with van der Waals surface area (Å²) < 4.78 is 12.0. The van der Waals surface area contributed by atoms with Crippen molar-refractivity contribution in [1.29, 1.82) is 0 Å². The molecular weight excluding hydrogens is 390 g/mol. The molecule has 0 aromatic heterocycles. The van der Waals surface area contributed by atoms with Gasteiger partial charge in [0.1, 0.15) is 0 Å². The fraction of sp³-hybridized carbons (Fsp3) is 0.640. The first kappa shape index (κ1) is 24.8. The summed E-state index contributed by atoms with van der Waals surface area (Å²) in [4.78, 5) is 14.7. The van der Waals surface area contributed by atoms with Gasteiger partial charge in [-0.05, 0) is 43.0 Å². The van der Waals surface area contributed by atoms with Gasteiger partial charge in [-0.3, -0.25) is 9.69 Å². The SMILES string of the molecule is CCOC(=O)CC1CC=CCN1C(CO[Si](C)(C)C(C)(C)C(C)C)c1ccccc1. The van der Waals surface area contributed by atoms with Gasteiger partial charge in [0.15, 0.2) is 8.32 Å². The summed E-state index contributed by atoms with van der Waals surface area (Å²) in [6.07, 6.45) is 5.67. The number of ether oxygens (including phenoxy) is 1. The van der Waals surface area contributed by atoms with Crippen LogP contribution in [-0.4, -0.2) is 45.0 Å². The minimum Gasteiger partial charge on any atom is -0.466 e. The van der Waals surface area contributed by atoms with Crippen molar-refractivity contribution in [1.82, 2.24) is 4.90 Å². The van der Waals surface area contributed by atoms with Crippen molar-refractivity contribution in [3.05, 3.63) is 48.0 Å². The monoisotopic (exact) mass is 431 g/mol. The van der Waals surface area contributed by atoms with E-state index in [-0.39, 0.29) is 23.1 Å². The quantitative estimate of drug-likeness (QED) is 0.260. The third-order valence-electron chi connectivity index (χ3n) is 7.25. The molecule has 0 bridgehead atoms. The molecule has 30 heavy (non-hydrogen) atoms. The molecule has 1 heterocycles. The Labute approximate surface area is 184 Å². The minimum absolute atomic E-state index is 0.116. The molecule has 2 atom stereocenters. The topological polar surface area (TPSA) is 38.8 Å². The first-order valence-electron chi connectivity index (χ1n) is 11.4. The molecule has 1 aliphatic rings. The van der Waals surface area contributed by atoms with Crippen LogP contribution >= 0.6 is 0 Å². The summed E-state index contributed by atoms with van der Waals surface area (Å²) >= 11 is 0. The lowest BCUT2D eigenvalue weighted by atomic mass is 9.98. The van der Waals surface area contributed by atoms with E-state index < -0.39 is 8.32 Å². The Balaban J connectivity index is 2.27. The summed E-state index contributed by atoms with van der Waals surface area (Å²) in [5, 5.41) is 0.167. The number of esters is 1. The predicted molar refractivity (Wildman–Crippen MR) is 127 cm³/mol. The molecule has 1 aromatic rings. The van der Waals surface area contributed by atoms with E-state index in [4.69, 9.17) is 9.16 Å². The van der Waals surface area contributed by atoms with Gasteiger partial charge >= 0.3 is 5.97 Å². The van der Waals surface area contributed by atoms with Crippen molar-refractivity contribution >= 4 is 14.3 Å². The second-order valence-corrected chi connectivity index (χ2v) is 14.3. The Kier molecular flexibility index (Phi) is 8.89. The second kappa shape index (κ2) is 10.7. The van der Waals surface area contributed by atoms with E-state index >= 15 is 0 Å². The Morgan fingerprint density at radius 3 is 2.47 bits per heavy atom. The van der Waals surface area contributed by atoms with Crippen LogP contribution in [0, 0.1) is 5.92 Å². The van der Waals surface area contributed by atoms with Gasteiger partial charge in [-0.15, -0.1) is 0 Å². The summed E-state index contributed by atoms with van der Waals surface area (Å²) in [5.74, 6) is 0.440. The molecule has 0 saturated heterocycles. The molecule has 0 N–H and O–H groups in total. The van der Waals surface area contributed by atoms with Crippen LogP contribution in [0.1, 0.15) is 59.1 Å². The number of rotatable bonds is 10. The molecule has 0 spiro atoms. The van der Waals surface area contributed by atoms with Gasteiger partial charge in [0.05, 0.1) is 25.7 Å². The zero-order valence-corrected chi connectivity index (χ0v) is 21.0. The molecule has 1 aliphatic heterocycles. The van der Waals surface area contributed by atoms with Gasteiger partial charge in [0.2, 0.25) is 0 Å². The number of benzene rings is 1. The maximum atomic E-state index is 12.2. The first-order valence-corrected chi connectivity index (χ1v) is 14.3. The lowest BCUT2D eigenvalue weighted by Crippen LogP contribution is -2.49. The Morgan fingerprint density at radius 2 is 1.87 bits per heavy atom. The van der Waals surface area contributed by atoms with Crippen LogP contribution in [0.4, 0.5) is 0 Å². The largest absolute Gasteiger partial charge is 0.466 e. The number of nitrogens with zero attached hydrogens (tertiary/aromatic N) is 1. The summed E-state index contributed by atoms with van der Waals surface area (Å²) in [7, 11) is -1.96. The zero-order chi connectivity index (χ0) is 22.4. The lowest BCUT2D eigenvalue weighted by molar-refractivity contribution is -0.144. The summed E-state index contributed by atoms with van der Waals surface area (Å²) in [5.41, 5.74) is 1.24. The van der Waals surface area contributed by atoms with Crippen molar-refractivity contribution in [3.8, 4) is 0 Å². The van der Waals surface area contributed by atoms with E-state index in [9.17, 15) is 4.79 Å². The van der Waals surface area contributed by atoms with E-state index in [1.165, 1.54) is 5.56 Å². The fourth-order valence-electron chi connectivity index (χ4n) is 3.96. The van der Waals surface area contributed by atoms with Crippen molar-refractivity contribution in [2.45, 2.75) is 77.7 Å². The zero-order valence-electron chi connectivity index (χ0n) is 20.0. The van der Waals surface area contributed by atoms with Gasteiger partial charge in [0.25, 0.3) is 0 Å². The fourth-order valence-corrected chi connectivity index (χ4v) is 6.29. The highest BCUT2D eigenvalue weighted by molar-refractivity contribution is 6.74. The molecular formula is C25H41NO3Si. The van der Waals surface area contributed by atoms with Crippen LogP contribution < -0.4 is 0 Å². The smallest absolute Gasteiger partial charge is 0.307 e. The number of hydrogen-bond acceptors (Lipinski definition) is 4. The highest BCUT2D eigenvalue weighted by atomic mass is 28.4. The van der Waals surface area contributed by atoms with Crippen molar-refractivity contribution in [3.63, 3.8) is 0 Å². The molecule has 0 amide bonds. The first-order chi connectivity index (χ1) is 14.1. The van der Waals surface area contributed by atoms with E-state index in [2.05, 4.69) is 82.1 Å². The molecule has 0 saturated carbocycles. The Bertz CT molecular complexity index is 700. The van der Waals surface area contributed by atoms with Gasteiger partial charge in [-0.2, -0.15) is 0 Å². The van der Waals surface area contributed by atoms with Crippen LogP contribution in [0.2, 0.25) is 18.1 Å². The van der Waals surface area contributed by atoms with Crippen LogP contribution in [0.5, 0.6) is 0 Å². The van der Waals surface area contributed by atoms with Crippen molar-refractivity contribution in [2.75, 3.05) is 19.8 Å². The molecule has 4 nitrogen and oxygen atoms in total. The van der Waals surface area contributed by atoms with Crippen LogP contribution in [0.25, 0.3) is 0 Å². The molecule has 2 rings (SSSR count). The lowest BCUT2D eigenvalue weighted by Gasteiger charge is -2.45. The van der Waals surface area contributed by atoms with Crippen molar-refractivity contribution in [2.24, 2.45) is 5.92 Å². The Hall–Kier alpha value is -1.43. The van der Waals surface area contributed by atoms with Crippen LogP contribution in [-0.2, 0) is 14.0 Å².